The van der Waals surface area contributed by atoms with Gasteiger partial charge >= 0.3 is 0 Å². The highest BCUT2D eigenvalue weighted by atomic mass is 35.5. The summed E-state index contributed by atoms with van der Waals surface area (Å²) >= 11 is 5.93. The SMILES string of the molecule is Clc1cccc(C2=CC3NCC23)c1. The minimum absolute atomic E-state index is 0.647. The number of hydrogen-bond donors (Lipinski definition) is 1. The van der Waals surface area contributed by atoms with Crippen molar-refractivity contribution < 1.29 is 0 Å². The van der Waals surface area contributed by atoms with Crippen molar-refractivity contribution in [3.05, 3.63) is 40.9 Å². The van der Waals surface area contributed by atoms with Crippen LogP contribution >= 0.6 is 11.6 Å². The lowest BCUT2D eigenvalue weighted by Crippen LogP contribution is -2.57. The molecule has 1 aliphatic carbocycles. The first-order valence-corrected chi connectivity index (χ1v) is 4.93. The van der Waals surface area contributed by atoms with Gasteiger partial charge in [-0.05, 0) is 23.3 Å². The molecule has 1 aromatic carbocycles. The Labute approximate surface area is 82.4 Å². The first-order chi connectivity index (χ1) is 6.34. The number of nitrogens with one attached hydrogen (secondary N) is 1. The lowest BCUT2D eigenvalue weighted by molar-refractivity contribution is 0.318. The van der Waals surface area contributed by atoms with Crippen LogP contribution < -0.4 is 5.32 Å². The van der Waals surface area contributed by atoms with Gasteiger partial charge in [0.1, 0.15) is 0 Å². The third-order valence-corrected chi connectivity index (χ3v) is 3.16. The molecule has 1 aromatic rings. The zero-order valence-electron chi connectivity index (χ0n) is 7.13. The zero-order valence-corrected chi connectivity index (χ0v) is 7.88. The maximum absolute atomic E-state index is 5.93. The van der Waals surface area contributed by atoms with Crippen LogP contribution in [0.3, 0.4) is 0 Å². The summed E-state index contributed by atoms with van der Waals surface area (Å²) in [6, 6.07) is 8.75. The fourth-order valence-electron chi connectivity index (χ4n) is 2.03. The van der Waals surface area contributed by atoms with E-state index < -0.39 is 0 Å². The summed E-state index contributed by atoms with van der Waals surface area (Å²) in [6.07, 6.45) is 2.29. The van der Waals surface area contributed by atoms with Crippen LogP contribution in [-0.2, 0) is 0 Å². The molecule has 1 heterocycles. The topological polar surface area (TPSA) is 12.0 Å². The average molecular weight is 192 g/mol. The molecule has 0 aromatic heterocycles. The Morgan fingerprint density at radius 2 is 2.31 bits per heavy atom. The molecule has 3 rings (SSSR count). The Hall–Kier alpha value is -0.790. The second kappa shape index (κ2) is 2.60. The maximum atomic E-state index is 5.93. The lowest BCUT2D eigenvalue weighted by atomic mass is 9.71. The van der Waals surface area contributed by atoms with Crippen LogP contribution in [0.4, 0.5) is 0 Å². The Balaban J connectivity index is 1.97. The number of benzene rings is 1. The van der Waals surface area contributed by atoms with Crippen LogP contribution in [0.5, 0.6) is 0 Å². The van der Waals surface area contributed by atoms with E-state index in [1.54, 1.807) is 0 Å². The third-order valence-electron chi connectivity index (χ3n) is 2.92. The Kier molecular flexibility index (Phi) is 1.52. The standard InChI is InChI=1S/C11H10ClN/c12-8-3-1-2-7(4-8)9-5-11-10(9)6-13-11/h1-5,10-11,13H,6H2. The van der Waals surface area contributed by atoms with Crippen molar-refractivity contribution >= 4 is 17.2 Å². The summed E-state index contributed by atoms with van der Waals surface area (Å²) in [7, 11) is 0. The number of hydrogen-bond acceptors (Lipinski definition) is 1. The summed E-state index contributed by atoms with van der Waals surface area (Å²) < 4.78 is 0. The summed E-state index contributed by atoms with van der Waals surface area (Å²) in [5.74, 6) is 0.749. The predicted octanol–water partition coefficient (Wildman–Crippen LogP) is 2.33. The van der Waals surface area contributed by atoms with Crippen molar-refractivity contribution in [1.82, 2.24) is 5.32 Å². The summed E-state index contributed by atoms with van der Waals surface area (Å²) in [6.45, 7) is 1.13. The first kappa shape index (κ1) is 7.60. The van der Waals surface area contributed by atoms with Crippen molar-refractivity contribution in [1.29, 1.82) is 0 Å². The van der Waals surface area contributed by atoms with Crippen LogP contribution in [0.1, 0.15) is 5.56 Å². The molecule has 13 heavy (non-hydrogen) atoms. The molecule has 1 N–H and O–H groups in total. The van der Waals surface area contributed by atoms with Crippen molar-refractivity contribution in [2.45, 2.75) is 6.04 Å². The van der Waals surface area contributed by atoms with Gasteiger partial charge in [0.2, 0.25) is 0 Å². The minimum Gasteiger partial charge on any atom is -0.309 e. The molecule has 2 atom stereocenters. The van der Waals surface area contributed by atoms with Gasteiger partial charge in [0.15, 0.2) is 0 Å². The van der Waals surface area contributed by atoms with Gasteiger partial charge in [-0.2, -0.15) is 0 Å². The Morgan fingerprint density at radius 3 is 2.85 bits per heavy atom. The Bertz CT molecular complexity index is 383. The molecule has 0 saturated carbocycles. The van der Waals surface area contributed by atoms with Gasteiger partial charge in [0.25, 0.3) is 0 Å². The molecule has 0 bridgehead atoms. The van der Waals surface area contributed by atoms with E-state index in [1.165, 1.54) is 11.1 Å². The molecule has 0 radical (unpaired) electrons. The predicted molar refractivity (Wildman–Crippen MR) is 54.7 cm³/mol. The van der Waals surface area contributed by atoms with Gasteiger partial charge in [-0.1, -0.05) is 29.8 Å². The van der Waals surface area contributed by atoms with Crippen molar-refractivity contribution in [2.24, 2.45) is 5.92 Å². The van der Waals surface area contributed by atoms with Gasteiger partial charge in [-0.15, -0.1) is 0 Å². The highest BCUT2D eigenvalue weighted by Gasteiger charge is 2.39. The molecule has 2 aliphatic rings. The molecule has 1 aliphatic heterocycles. The zero-order chi connectivity index (χ0) is 8.84. The van der Waals surface area contributed by atoms with E-state index >= 15 is 0 Å². The van der Waals surface area contributed by atoms with Gasteiger partial charge in [0, 0.05) is 23.5 Å². The fraction of sp³-hybridized carbons (Fsp3) is 0.273. The molecule has 66 valence electrons. The van der Waals surface area contributed by atoms with Crippen LogP contribution in [0.25, 0.3) is 5.57 Å². The number of halogens is 1. The monoisotopic (exact) mass is 191 g/mol. The average Bonchev–Trinajstić information content (AvgIpc) is 2.10. The molecule has 0 spiro atoms. The molecule has 0 amide bonds. The summed E-state index contributed by atoms with van der Waals surface area (Å²) in [5.41, 5.74) is 2.75. The normalized spacial score (nSPS) is 29.8. The highest BCUT2D eigenvalue weighted by Crippen LogP contribution is 2.40. The smallest absolute Gasteiger partial charge is 0.0412 e. The van der Waals surface area contributed by atoms with E-state index in [2.05, 4.69) is 17.5 Å². The highest BCUT2D eigenvalue weighted by molar-refractivity contribution is 6.30. The summed E-state index contributed by atoms with van der Waals surface area (Å²) in [4.78, 5) is 0. The van der Waals surface area contributed by atoms with E-state index in [0.29, 0.717) is 6.04 Å². The first-order valence-electron chi connectivity index (χ1n) is 4.55. The molecule has 1 fully saturated rings. The van der Waals surface area contributed by atoms with E-state index in [1.807, 2.05) is 18.2 Å². The van der Waals surface area contributed by atoms with Gasteiger partial charge in [-0.25, -0.2) is 0 Å². The second-order valence-corrected chi connectivity index (χ2v) is 4.11. The lowest BCUT2D eigenvalue weighted by Gasteiger charge is -2.46. The fourth-order valence-corrected chi connectivity index (χ4v) is 2.22. The van der Waals surface area contributed by atoms with Crippen LogP contribution in [-0.4, -0.2) is 12.6 Å². The third kappa shape index (κ3) is 1.04. The molecular formula is C11H10ClN. The largest absolute Gasteiger partial charge is 0.309 e. The van der Waals surface area contributed by atoms with Gasteiger partial charge < -0.3 is 5.32 Å². The Morgan fingerprint density at radius 1 is 1.38 bits per heavy atom. The molecule has 1 nitrogen and oxygen atoms in total. The maximum Gasteiger partial charge on any atom is 0.0412 e. The quantitative estimate of drug-likeness (QED) is 0.719. The minimum atomic E-state index is 0.647. The number of fused-ring (bicyclic) bond motifs is 1. The van der Waals surface area contributed by atoms with Crippen molar-refractivity contribution in [3.63, 3.8) is 0 Å². The molecular weight excluding hydrogens is 182 g/mol. The summed E-state index contributed by atoms with van der Waals surface area (Å²) in [5, 5.41) is 4.18. The van der Waals surface area contributed by atoms with Crippen molar-refractivity contribution in [3.8, 4) is 0 Å². The van der Waals surface area contributed by atoms with E-state index in [-0.39, 0.29) is 0 Å². The van der Waals surface area contributed by atoms with Crippen LogP contribution in [0.2, 0.25) is 5.02 Å². The molecule has 1 saturated heterocycles. The molecule has 2 unspecified atom stereocenters. The van der Waals surface area contributed by atoms with E-state index in [4.69, 9.17) is 11.6 Å². The van der Waals surface area contributed by atoms with Crippen LogP contribution in [0, 0.1) is 5.92 Å². The van der Waals surface area contributed by atoms with Crippen LogP contribution in [0.15, 0.2) is 30.3 Å². The van der Waals surface area contributed by atoms with E-state index in [0.717, 1.165) is 17.5 Å². The second-order valence-electron chi connectivity index (χ2n) is 3.67. The van der Waals surface area contributed by atoms with E-state index in [9.17, 15) is 0 Å². The number of rotatable bonds is 1. The van der Waals surface area contributed by atoms with Gasteiger partial charge in [-0.3, -0.25) is 0 Å². The van der Waals surface area contributed by atoms with Gasteiger partial charge in [0.05, 0.1) is 0 Å². The molecule has 2 heteroatoms. The van der Waals surface area contributed by atoms with Crippen molar-refractivity contribution in [2.75, 3.05) is 6.54 Å².